The number of rotatable bonds is 3. The summed E-state index contributed by atoms with van der Waals surface area (Å²) < 4.78 is 5.30. The summed E-state index contributed by atoms with van der Waals surface area (Å²) in [4.78, 5) is 14.7. The van der Waals surface area contributed by atoms with Crippen LogP contribution in [0.2, 0.25) is 0 Å². The predicted octanol–water partition coefficient (Wildman–Crippen LogP) is 3.40. The Bertz CT molecular complexity index is 657. The Balaban J connectivity index is 0.00000192. The first-order chi connectivity index (χ1) is 10.7. The number of nitrogens with zero attached hydrogens (tertiary/aromatic N) is 1. The van der Waals surface area contributed by atoms with Gasteiger partial charge in [-0.05, 0) is 18.6 Å². The lowest BCUT2D eigenvalue weighted by Crippen LogP contribution is -2.40. The van der Waals surface area contributed by atoms with Gasteiger partial charge in [-0.25, -0.2) is 0 Å². The molecule has 1 aliphatic rings. The molecule has 1 unspecified atom stereocenters. The van der Waals surface area contributed by atoms with Crippen molar-refractivity contribution in [2.75, 3.05) is 18.1 Å². The molecule has 1 fully saturated rings. The Morgan fingerprint density at radius 1 is 1.39 bits per heavy atom. The molecule has 124 valence electrons. The van der Waals surface area contributed by atoms with Gasteiger partial charge in [0, 0.05) is 18.1 Å². The quantitative estimate of drug-likeness (QED) is 0.919. The van der Waals surface area contributed by atoms with E-state index in [4.69, 9.17) is 10.2 Å². The van der Waals surface area contributed by atoms with Gasteiger partial charge in [0.25, 0.3) is 5.91 Å². The number of benzene rings is 1. The summed E-state index contributed by atoms with van der Waals surface area (Å²) in [6, 6.07) is 10.3. The molecule has 0 bridgehead atoms. The van der Waals surface area contributed by atoms with Crippen molar-refractivity contribution < 1.29 is 9.21 Å². The summed E-state index contributed by atoms with van der Waals surface area (Å²) in [5.74, 6) is 2.56. The van der Waals surface area contributed by atoms with Crippen molar-refractivity contribution in [3.8, 4) is 0 Å². The fourth-order valence-corrected chi connectivity index (χ4v) is 3.77. The zero-order valence-corrected chi connectivity index (χ0v) is 14.7. The molecule has 1 aromatic heterocycles. The Kier molecular flexibility index (Phi) is 6.16. The summed E-state index contributed by atoms with van der Waals surface area (Å²) >= 11 is 1.89. The molecule has 2 heterocycles. The van der Waals surface area contributed by atoms with Gasteiger partial charge in [0.05, 0.1) is 18.2 Å². The molecule has 0 spiro atoms. The minimum absolute atomic E-state index is 0. The second kappa shape index (κ2) is 7.90. The number of halogens is 1. The molecule has 1 saturated heterocycles. The van der Waals surface area contributed by atoms with Gasteiger partial charge in [-0.1, -0.05) is 29.8 Å². The summed E-state index contributed by atoms with van der Waals surface area (Å²) in [5.41, 5.74) is 8.56. The molecule has 2 aromatic rings. The highest BCUT2D eigenvalue weighted by Crippen LogP contribution is 2.31. The van der Waals surface area contributed by atoms with E-state index in [9.17, 15) is 4.79 Å². The molecular formula is C17H21ClN2O2S. The first-order valence-corrected chi connectivity index (χ1v) is 8.57. The van der Waals surface area contributed by atoms with E-state index >= 15 is 0 Å². The van der Waals surface area contributed by atoms with Crippen LogP contribution in [0, 0.1) is 6.92 Å². The van der Waals surface area contributed by atoms with Gasteiger partial charge in [-0.2, -0.15) is 11.8 Å². The van der Waals surface area contributed by atoms with Crippen LogP contribution in [0.25, 0.3) is 0 Å². The second-order valence-corrected chi connectivity index (χ2v) is 6.66. The fraction of sp³-hybridized carbons (Fsp3) is 0.353. The van der Waals surface area contributed by atoms with Crippen LogP contribution in [0.5, 0.6) is 0 Å². The molecule has 1 atom stereocenters. The normalized spacial score (nSPS) is 17.7. The first kappa shape index (κ1) is 17.9. The molecule has 1 aromatic carbocycles. The van der Waals surface area contributed by atoms with E-state index in [1.54, 1.807) is 6.07 Å². The van der Waals surface area contributed by atoms with Crippen LogP contribution in [-0.2, 0) is 6.54 Å². The van der Waals surface area contributed by atoms with E-state index in [1.807, 2.05) is 16.7 Å². The standard InChI is InChI=1S/C17H20N2O2S.ClH/c1-12-2-4-13(5-3-12)16-11-22-7-6-19(16)17(20)14-8-15(9-18)21-10-14;/h2-5,8,10,16H,6-7,9,11,18H2,1H3;1H. The van der Waals surface area contributed by atoms with Gasteiger partial charge >= 0.3 is 0 Å². The summed E-state index contributed by atoms with van der Waals surface area (Å²) in [5, 5.41) is 0. The minimum atomic E-state index is 0. The zero-order chi connectivity index (χ0) is 15.5. The largest absolute Gasteiger partial charge is 0.467 e. The highest BCUT2D eigenvalue weighted by molar-refractivity contribution is 7.99. The fourth-order valence-electron chi connectivity index (χ4n) is 2.68. The third-order valence-corrected chi connectivity index (χ3v) is 4.98. The number of hydrogen-bond acceptors (Lipinski definition) is 4. The van der Waals surface area contributed by atoms with E-state index < -0.39 is 0 Å². The summed E-state index contributed by atoms with van der Waals surface area (Å²) in [6.07, 6.45) is 1.51. The number of carbonyl (C=O) groups excluding carboxylic acids is 1. The van der Waals surface area contributed by atoms with Crippen LogP contribution in [0.3, 0.4) is 0 Å². The smallest absolute Gasteiger partial charge is 0.257 e. The average Bonchev–Trinajstić information content (AvgIpc) is 3.04. The predicted molar refractivity (Wildman–Crippen MR) is 96.1 cm³/mol. The van der Waals surface area contributed by atoms with Crippen molar-refractivity contribution in [2.45, 2.75) is 19.5 Å². The summed E-state index contributed by atoms with van der Waals surface area (Å²) in [6.45, 7) is 3.14. The second-order valence-electron chi connectivity index (χ2n) is 5.51. The van der Waals surface area contributed by atoms with Crippen molar-refractivity contribution in [3.63, 3.8) is 0 Å². The van der Waals surface area contributed by atoms with Gasteiger partial charge in [0.15, 0.2) is 0 Å². The topological polar surface area (TPSA) is 59.5 Å². The van der Waals surface area contributed by atoms with Crippen molar-refractivity contribution >= 4 is 30.1 Å². The number of furan rings is 1. The Morgan fingerprint density at radius 3 is 2.78 bits per heavy atom. The summed E-state index contributed by atoms with van der Waals surface area (Å²) in [7, 11) is 0. The minimum Gasteiger partial charge on any atom is -0.467 e. The maximum atomic E-state index is 12.8. The molecule has 0 saturated carbocycles. The van der Waals surface area contributed by atoms with Crippen molar-refractivity contribution in [1.82, 2.24) is 4.90 Å². The monoisotopic (exact) mass is 352 g/mol. The molecule has 1 aliphatic heterocycles. The number of carbonyl (C=O) groups is 1. The molecule has 0 radical (unpaired) electrons. The molecule has 1 amide bonds. The molecule has 3 rings (SSSR count). The molecular weight excluding hydrogens is 332 g/mol. The maximum absolute atomic E-state index is 12.8. The highest BCUT2D eigenvalue weighted by atomic mass is 35.5. The van der Waals surface area contributed by atoms with Crippen LogP contribution >= 0.6 is 24.2 Å². The van der Waals surface area contributed by atoms with Crippen LogP contribution in [0.4, 0.5) is 0 Å². The van der Waals surface area contributed by atoms with Gasteiger partial charge in [-0.3, -0.25) is 4.79 Å². The third-order valence-electron chi connectivity index (χ3n) is 3.95. The van der Waals surface area contributed by atoms with Crippen molar-refractivity contribution in [2.24, 2.45) is 5.73 Å². The van der Waals surface area contributed by atoms with Crippen LogP contribution in [-0.4, -0.2) is 28.9 Å². The van der Waals surface area contributed by atoms with Crippen LogP contribution in [0.15, 0.2) is 41.0 Å². The maximum Gasteiger partial charge on any atom is 0.257 e. The van der Waals surface area contributed by atoms with E-state index in [-0.39, 0.29) is 24.4 Å². The molecule has 2 N–H and O–H groups in total. The number of amides is 1. The van der Waals surface area contributed by atoms with Gasteiger partial charge in [0.2, 0.25) is 0 Å². The van der Waals surface area contributed by atoms with Gasteiger partial charge < -0.3 is 15.1 Å². The SMILES string of the molecule is Cc1ccc(C2CSCCN2C(=O)c2coc(CN)c2)cc1.Cl. The van der Waals surface area contributed by atoms with Crippen LogP contribution < -0.4 is 5.73 Å². The molecule has 6 heteroatoms. The lowest BCUT2D eigenvalue weighted by Gasteiger charge is -2.35. The lowest BCUT2D eigenvalue weighted by atomic mass is 10.0. The average molecular weight is 353 g/mol. The van der Waals surface area contributed by atoms with Gasteiger partial charge in [-0.15, -0.1) is 12.4 Å². The van der Waals surface area contributed by atoms with Crippen LogP contribution in [0.1, 0.15) is 33.3 Å². The van der Waals surface area contributed by atoms with Crippen molar-refractivity contribution in [3.05, 3.63) is 59.0 Å². The van der Waals surface area contributed by atoms with E-state index in [1.165, 1.54) is 17.4 Å². The molecule has 4 nitrogen and oxygen atoms in total. The lowest BCUT2D eigenvalue weighted by molar-refractivity contribution is 0.0700. The number of hydrogen-bond donors (Lipinski definition) is 1. The Morgan fingerprint density at radius 2 is 2.13 bits per heavy atom. The van der Waals surface area contributed by atoms with Gasteiger partial charge in [0.1, 0.15) is 12.0 Å². The number of thioether (sulfide) groups is 1. The van der Waals surface area contributed by atoms with E-state index in [0.29, 0.717) is 17.9 Å². The Hall–Kier alpha value is -1.43. The van der Waals surface area contributed by atoms with E-state index in [2.05, 4.69) is 31.2 Å². The zero-order valence-electron chi connectivity index (χ0n) is 13.0. The Labute approximate surface area is 146 Å². The highest BCUT2D eigenvalue weighted by Gasteiger charge is 2.29. The number of aryl methyl sites for hydroxylation is 1. The van der Waals surface area contributed by atoms with E-state index in [0.717, 1.165) is 18.1 Å². The van der Waals surface area contributed by atoms with Crippen molar-refractivity contribution in [1.29, 1.82) is 0 Å². The number of nitrogens with two attached hydrogens (primary N) is 1. The first-order valence-electron chi connectivity index (χ1n) is 7.42. The molecule has 23 heavy (non-hydrogen) atoms. The third kappa shape index (κ3) is 3.91. The molecule has 0 aliphatic carbocycles.